The van der Waals surface area contributed by atoms with E-state index in [1.165, 1.54) is 5.56 Å². The van der Waals surface area contributed by atoms with Crippen molar-refractivity contribution in [3.8, 4) is 0 Å². The first kappa shape index (κ1) is 21.1. The molecule has 0 amide bonds. The first-order valence-electron chi connectivity index (χ1n) is 9.63. The molecular formula is C21H34F2O. The molecule has 138 valence electrons. The lowest BCUT2D eigenvalue weighted by Crippen LogP contribution is -2.24. The second-order valence-corrected chi connectivity index (χ2v) is 6.96. The molecule has 0 aliphatic carbocycles. The van der Waals surface area contributed by atoms with Gasteiger partial charge in [0.15, 0.2) is 0 Å². The maximum absolute atomic E-state index is 13.9. The second-order valence-electron chi connectivity index (χ2n) is 6.96. The largest absolute Gasteiger partial charge is 0.393 e. The first-order valence-corrected chi connectivity index (χ1v) is 9.63. The van der Waals surface area contributed by atoms with Crippen LogP contribution in [0, 0.1) is 0 Å². The molecule has 0 aromatic heterocycles. The zero-order valence-electron chi connectivity index (χ0n) is 15.2. The molecule has 1 aromatic rings. The van der Waals surface area contributed by atoms with Crippen molar-refractivity contribution in [3.05, 3.63) is 35.9 Å². The summed E-state index contributed by atoms with van der Waals surface area (Å²) in [5.41, 5.74) is 1.31. The van der Waals surface area contributed by atoms with Crippen molar-refractivity contribution in [2.24, 2.45) is 0 Å². The predicted molar refractivity (Wildman–Crippen MR) is 97.6 cm³/mol. The van der Waals surface area contributed by atoms with Gasteiger partial charge < -0.3 is 5.11 Å². The third-order valence-electron chi connectivity index (χ3n) is 4.53. The Bertz CT molecular complexity index is 406. The third kappa shape index (κ3) is 10.7. The van der Waals surface area contributed by atoms with E-state index < -0.39 is 12.0 Å². The maximum Gasteiger partial charge on any atom is 0.250 e. The number of benzene rings is 1. The van der Waals surface area contributed by atoms with Crippen molar-refractivity contribution in [1.82, 2.24) is 0 Å². The molecule has 0 fully saturated rings. The number of hydrogen-bond donors (Lipinski definition) is 1. The van der Waals surface area contributed by atoms with E-state index in [0.29, 0.717) is 12.8 Å². The highest BCUT2D eigenvalue weighted by Gasteiger charge is 2.30. The maximum atomic E-state index is 13.9. The Balaban J connectivity index is 2.05. The third-order valence-corrected chi connectivity index (χ3v) is 4.53. The van der Waals surface area contributed by atoms with E-state index >= 15 is 0 Å². The van der Waals surface area contributed by atoms with Gasteiger partial charge in [0.1, 0.15) is 0 Å². The standard InChI is InChI=1S/C21H34F2O/c1-2-3-4-11-16-20(24)18-21(22,23)17-12-6-5-8-13-19-14-9-7-10-15-19/h7,9-10,14-15,20,24H,2-6,8,11-13,16-18H2,1H3. The molecule has 1 nitrogen and oxygen atoms in total. The SMILES string of the molecule is CCCCCCC(O)CC(F)(F)CCCCCCc1ccccc1. The van der Waals surface area contributed by atoms with Gasteiger partial charge in [-0.05, 0) is 31.2 Å². The van der Waals surface area contributed by atoms with Crippen LogP contribution in [0.1, 0.15) is 83.1 Å². The van der Waals surface area contributed by atoms with Gasteiger partial charge in [-0.3, -0.25) is 0 Å². The highest BCUT2D eigenvalue weighted by Crippen LogP contribution is 2.28. The summed E-state index contributed by atoms with van der Waals surface area (Å²) in [7, 11) is 0. The van der Waals surface area contributed by atoms with E-state index in [1.807, 2.05) is 18.2 Å². The molecular weight excluding hydrogens is 306 g/mol. The molecule has 0 saturated carbocycles. The van der Waals surface area contributed by atoms with Crippen LogP contribution in [0.25, 0.3) is 0 Å². The van der Waals surface area contributed by atoms with Gasteiger partial charge in [-0.15, -0.1) is 0 Å². The number of alkyl halides is 2. The van der Waals surface area contributed by atoms with Crippen LogP contribution >= 0.6 is 0 Å². The summed E-state index contributed by atoms with van der Waals surface area (Å²) in [6.45, 7) is 2.12. The Hall–Kier alpha value is -0.960. The quantitative estimate of drug-likeness (QED) is 0.381. The second kappa shape index (κ2) is 12.4. The molecule has 0 saturated heterocycles. The van der Waals surface area contributed by atoms with E-state index in [2.05, 4.69) is 19.1 Å². The van der Waals surface area contributed by atoms with Crippen LogP contribution in [0.3, 0.4) is 0 Å². The van der Waals surface area contributed by atoms with Crippen LogP contribution < -0.4 is 0 Å². The molecule has 0 bridgehead atoms. The lowest BCUT2D eigenvalue weighted by Gasteiger charge is -2.20. The fourth-order valence-corrected chi connectivity index (χ4v) is 3.07. The summed E-state index contributed by atoms with van der Waals surface area (Å²) in [5, 5.41) is 9.77. The topological polar surface area (TPSA) is 20.2 Å². The predicted octanol–water partition coefficient (Wildman–Crippen LogP) is 6.54. The van der Waals surface area contributed by atoms with Crippen LogP contribution in [0.4, 0.5) is 8.78 Å². The molecule has 1 rings (SSSR count). The molecule has 0 aliphatic rings. The minimum absolute atomic E-state index is 0.0929. The van der Waals surface area contributed by atoms with Crippen molar-refractivity contribution in [1.29, 1.82) is 0 Å². The summed E-state index contributed by atoms with van der Waals surface area (Å²) in [5.74, 6) is -2.72. The van der Waals surface area contributed by atoms with E-state index in [4.69, 9.17) is 0 Å². The van der Waals surface area contributed by atoms with E-state index in [-0.39, 0.29) is 12.8 Å². The van der Waals surface area contributed by atoms with Crippen molar-refractivity contribution >= 4 is 0 Å². The monoisotopic (exact) mass is 340 g/mol. The van der Waals surface area contributed by atoms with Crippen LogP contribution in [-0.2, 0) is 6.42 Å². The molecule has 0 aliphatic heterocycles. The Kier molecular flexibility index (Phi) is 10.9. The minimum Gasteiger partial charge on any atom is -0.393 e. The Labute approximate surface area is 146 Å². The average molecular weight is 340 g/mol. The summed E-state index contributed by atoms with van der Waals surface area (Å²) in [4.78, 5) is 0. The number of unbranched alkanes of at least 4 members (excludes halogenated alkanes) is 6. The van der Waals surface area contributed by atoms with E-state index in [0.717, 1.165) is 51.4 Å². The van der Waals surface area contributed by atoms with E-state index in [9.17, 15) is 13.9 Å². The van der Waals surface area contributed by atoms with Gasteiger partial charge in [-0.1, -0.05) is 75.8 Å². The van der Waals surface area contributed by atoms with Crippen LogP contribution in [0.15, 0.2) is 30.3 Å². The Morgan fingerprint density at radius 3 is 2.29 bits per heavy atom. The van der Waals surface area contributed by atoms with Crippen molar-refractivity contribution < 1.29 is 13.9 Å². The number of hydrogen-bond acceptors (Lipinski definition) is 1. The van der Waals surface area contributed by atoms with Crippen molar-refractivity contribution in [2.75, 3.05) is 0 Å². The van der Waals surface area contributed by atoms with Crippen LogP contribution in [0.2, 0.25) is 0 Å². The molecule has 24 heavy (non-hydrogen) atoms. The molecule has 0 spiro atoms. The highest BCUT2D eigenvalue weighted by atomic mass is 19.3. The number of aryl methyl sites for hydroxylation is 1. The van der Waals surface area contributed by atoms with Crippen molar-refractivity contribution in [2.45, 2.75) is 96.0 Å². The fourth-order valence-electron chi connectivity index (χ4n) is 3.07. The summed E-state index contributed by atoms with van der Waals surface area (Å²) < 4.78 is 27.7. The number of halogens is 2. The van der Waals surface area contributed by atoms with Gasteiger partial charge in [0.2, 0.25) is 0 Å². The number of aliphatic hydroxyl groups excluding tert-OH is 1. The zero-order chi connectivity index (χ0) is 17.7. The molecule has 1 N–H and O–H groups in total. The Morgan fingerprint density at radius 1 is 0.917 bits per heavy atom. The zero-order valence-corrected chi connectivity index (χ0v) is 15.2. The normalized spacial score (nSPS) is 13.2. The van der Waals surface area contributed by atoms with Gasteiger partial charge in [0.25, 0.3) is 5.92 Å². The molecule has 1 atom stereocenters. The van der Waals surface area contributed by atoms with Gasteiger partial charge in [0, 0.05) is 12.8 Å². The summed E-state index contributed by atoms with van der Waals surface area (Å²) >= 11 is 0. The molecule has 3 heteroatoms. The molecule has 0 heterocycles. The van der Waals surface area contributed by atoms with Gasteiger partial charge in [-0.2, -0.15) is 0 Å². The van der Waals surface area contributed by atoms with E-state index in [1.54, 1.807) is 0 Å². The van der Waals surface area contributed by atoms with Crippen molar-refractivity contribution in [3.63, 3.8) is 0 Å². The minimum atomic E-state index is -2.72. The lowest BCUT2D eigenvalue weighted by molar-refractivity contribution is -0.0540. The van der Waals surface area contributed by atoms with Crippen LogP contribution in [-0.4, -0.2) is 17.1 Å². The molecule has 1 unspecified atom stereocenters. The smallest absolute Gasteiger partial charge is 0.250 e. The Morgan fingerprint density at radius 2 is 1.58 bits per heavy atom. The lowest BCUT2D eigenvalue weighted by atomic mass is 9.99. The number of rotatable bonds is 14. The van der Waals surface area contributed by atoms with Gasteiger partial charge in [-0.25, -0.2) is 8.78 Å². The number of aliphatic hydroxyl groups is 1. The summed E-state index contributed by atoms with van der Waals surface area (Å²) in [6.07, 6.45) is 7.76. The van der Waals surface area contributed by atoms with Gasteiger partial charge >= 0.3 is 0 Å². The van der Waals surface area contributed by atoms with Gasteiger partial charge in [0.05, 0.1) is 6.10 Å². The average Bonchev–Trinajstić information content (AvgIpc) is 2.55. The molecule has 0 radical (unpaired) electrons. The first-order chi connectivity index (χ1) is 11.5. The molecule has 1 aromatic carbocycles. The fraction of sp³-hybridized carbons (Fsp3) is 0.714. The summed E-state index contributed by atoms with van der Waals surface area (Å²) in [6, 6.07) is 10.3. The highest BCUT2D eigenvalue weighted by molar-refractivity contribution is 5.14. The van der Waals surface area contributed by atoms with Crippen LogP contribution in [0.5, 0.6) is 0 Å².